The lowest BCUT2D eigenvalue weighted by atomic mass is 9.92. The van der Waals surface area contributed by atoms with E-state index in [1.54, 1.807) is 12.1 Å². The molecule has 0 saturated carbocycles. The summed E-state index contributed by atoms with van der Waals surface area (Å²) < 4.78 is 18.1. The van der Waals surface area contributed by atoms with Gasteiger partial charge in [0.25, 0.3) is 0 Å². The number of ether oxygens (including phenoxy) is 1. The maximum absolute atomic E-state index is 12.7. The second kappa shape index (κ2) is 6.50. The Kier molecular flexibility index (Phi) is 4.70. The molecule has 1 aliphatic heterocycles. The first-order valence-corrected chi connectivity index (χ1v) is 6.37. The van der Waals surface area contributed by atoms with Crippen molar-refractivity contribution in [3.8, 4) is 5.75 Å². The van der Waals surface area contributed by atoms with Gasteiger partial charge < -0.3 is 10.1 Å². The van der Waals surface area contributed by atoms with E-state index in [-0.39, 0.29) is 17.5 Å². The van der Waals surface area contributed by atoms with Crippen molar-refractivity contribution < 1.29 is 13.9 Å². The third kappa shape index (κ3) is 3.81. The largest absolute Gasteiger partial charge is 0.493 e. The van der Waals surface area contributed by atoms with E-state index in [9.17, 15) is 9.18 Å². The molecule has 0 spiro atoms. The van der Waals surface area contributed by atoms with Gasteiger partial charge in [0.1, 0.15) is 17.3 Å². The fourth-order valence-corrected chi connectivity index (χ4v) is 2.15. The van der Waals surface area contributed by atoms with Crippen LogP contribution in [0.5, 0.6) is 5.75 Å². The van der Waals surface area contributed by atoms with Gasteiger partial charge in [-0.3, -0.25) is 4.79 Å². The highest BCUT2D eigenvalue weighted by atomic mass is 19.1. The third-order valence-electron chi connectivity index (χ3n) is 3.23. The molecule has 0 unspecified atom stereocenters. The summed E-state index contributed by atoms with van der Waals surface area (Å²) in [6.07, 6.45) is 2.28. The Morgan fingerprint density at radius 3 is 2.61 bits per heavy atom. The van der Waals surface area contributed by atoms with Gasteiger partial charge >= 0.3 is 0 Å². The molecule has 0 bridgehead atoms. The van der Waals surface area contributed by atoms with Crippen molar-refractivity contribution in [3.63, 3.8) is 0 Å². The van der Waals surface area contributed by atoms with E-state index in [2.05, 4.69) is 5.32 Å². The average Bonchev–Trinajstić information content (AvgIpc) is 2.42. The average molecular weight is 251 g/mol. The molecule has 1 aliphatic rings. The first kappa shape index (κ1) is 13.0. The van der Waals surface area contributed by atoms with Gasteiger partial charge in [0.15, 0.2) is 0 Å². The van der Waals surface area contributed by atoms with E-state index in [0.29, 0.717) is 18.8 Å². The lowest BCUT2D eigenvalue weighted by Gasteiger charge is -2.21. The number of hydrogen-bond donors (Lipinski definition) is 1. The molecule has 0 aliphatic carbocycles. The fraction of sp³-hybridized carbons (Fsp3) is 0.500. The predicted molar refractivity (Wildman–Crippen MR) is 67.1 cm³/mol. The Bertz CT molecular complexity index is 385. The zero-order valence-electron chi connectivity index (χ0n) is 10.3. The topological polar surface area (TPSA) is 38.3 Å². The molecule has 0 radical (unpaired) electrons. The van der Waals surface area contributed by atoms with Crippen LogP contribution in [-0.4, -0.2) is 25.5 Å². The van der Waals surface area contributed by atoms with Crippen LogP contribution in [0.2, 0.25) is 0 Å². The van der Waals surface area contributed by atoms with Gasteiger partial charge in [-0.25, -0.2) is 4.39 Å². The summed E-state index contributed by atoms with van der Waals surface area (Å²) in [5.41, 5.74) is 0. The monoisotopic (exact) mass is 251 g/mol. The second-order valence-electron chi connectivity index (χ2n) is 4.54. The summed E-state index contributed by atoms with van der Waals surface area (Å²) in [6, 6.07) is 5.85. The van der Waals surface area contributed by atoms with Gasteiger partial charge in [-0.15, -0.1) is 0 Å². The predicted octanol–water partition coefficient (Wildman–Crippen LogP) is 2.16. The number of benzene rings is 1. The molecular weight excluding hydrogens is 233 g/mol. The zero-order chi connectivity index (χ0) is 12.8. The van der Waals surface area contributed by atoms with Gasteiger partial charge in [-0.05, 0) is 50.2 Å². The number of nitrogens with one attached hydrogen (secondary N) is 1. The molecule has 0 amide bonds. The van der Waals surface area contributed by atoms with Gasteiger partial charge in [0.05, 0.1) is 6.61 Å². The van der Waals surface area contributed by atoms with Crippen LogP contribution in [0.4, 0.5) is 4.39 Å². The Morgan fingerprint density at radius 2 is 1.94 bits per heavy atom. The molecule has 1 N–H and O–H groups in total. The van der Waals surface area contributed by atoms with E-state index in [1.165, 1.54) is 12.1 Å². The van der Waals surface area contributed by atoms with Gasteiger partial charge in [-0.2, -0.15) is 0 Å². The molecule has 18 heavy (non-hydrogen) atoms. The molecule has 2 rings (SSSR count). The Morgan fingerprint density at radius 1 is 1.28 bits per heavy atom. The SMILES string of the molecule is O=C(CCOc1ccc(F)cc1)C1CCNCC1. The van der Waals surface area contributed by atoms with E-state index < -0.39 is 0 Å². The number of rotatable bonds is 5. The molecule has 1 heterocycles. The minimum absolute atomic E-state index is 0.183. The van der Waals surface area contributed by atoms with Crippen LogP contribution in [0.15, 0.2) is 24.3 Å². The lowest BCUT2D eigenvalue weighted by Crippen LogP contribution is -2.32. The molecular formula is C14H18FNO2. The van der Waals surface area contributed by atoms with Crippen molar-refractivity contribution in [2.75, 3.05) is 19.7 Å². The second-order valence-corrected chi connectivity index (χ2v) is 4.54. The number of carbonyl (C=O) groups is 1. The summed E-state index contributed by atoms with van der Waals surface area (Å²) in [7, 11) is 0. The standard InChI is InChI=1S/C14H18FNO2/c15-12-1-3-13(4-2-12)18-10-7-14(17)11-5-8-16-9-6-11/h1-4,11,16H,5-10H2. The maximum Gasteiger partial charge on any atom is 0.139 e. The normalized spacial score (nSPS) is 16.5. The maximum atomic E-state index is 12.7. The summed E-state index contributed by atoms with van der Waals surface area (Å²) in [4.78, 5) is 11.9. The summed E-state index contributed by atoms with van der Waals surface area (Å²) in [5.74, 6) is 0.782. The van der Waals surface area contributed by atoms with E-state index >= 15 is 0 Å². The summed E-state index contributed by atoms with van der Waals surface area (Å²) in [6.45, 7) is 2.22. The quantitative estimate of drug-likeness (QED) is 0.871. The van der Waals surface area contributed by atoms with Crippen LogP contribution in [-0.2, 0) is 4.79 Å². The molecule has 1 saturated heterocycles. The van der Waals surface area contributed by atoms with Crippen LogP contribution in [0.1, 0.15) is 19.3 Å². The van der Waals surface area contributed by atoms with Gasteiger partial charge in [0, 0.05) is 12.3 Å². The molecule has 3 nitrogen and oxygen atoms in total. The van der Waals surface area contributed by atoms with Crippen molar-refractivity contribution in [1.82, 2.24) is 5.32 Å². The zero-order valence-corrected chi connectivity index (χ0v) is 10.3. The number of piperidine rings is 1. The van der Waals surface area contributed by atoms with Crippen LogP contribution in [0.3, 0.4) is 0 Å². The van der Waals surface area contributed by atoms with Crippen LogP contribution in [0.25, 0.3) is 0 Å². The molecule has 0 aromatic heterocycles. The highest BCUT2D eigenvalue weighted by molar-refractivity contribution is 5.81. The van der Waals surface area contributed by atoms with Crippen molar-refractivity contribution in [2.24, 2.45) is 5.92 Å². The van der Waals surface area contributed by atoms with Gasteiger partial charge in [0.2, 0.25) is 0 Å². The Labute approximate surface area is 106 Å². The number of Topliss-reactive ketones (excluding diaryl/α,β-unsaturated/α-hetero) is 1. The van der Waals surface area contributed by atoms with E-state index in [4.69, 9.17) is 4.74 Å². The minimum Gasteiger partial charge on any atom is -0.493 e. The molecule has 1 fully saturated rings. The number of halogens is 1. The smallest absolute Gasteiger partial charge is 0.139 e. The lowest BCUT2D eigenvalue weighted by molar-refractivity contribution is -0.124. The van der Waals surface area contributed by atoms with Crippen LogP contribution < -0.4 is 10.1 Å². The molecule has 1 aromatic carbocycles. The fourth-order valence-electron chi connectivity index (χ4n) is 2.15. The number of carbonyl (C=O) groups excluding carboxylic acids is 1. The van der Waals surface area contributed by atoms with Crippen LogP contribution in [0, 0.1) is 11.7 Å². The van der Waals surface area contributed by atoms with E-state index in [0.717, 1.165) is 25.9 Å². The Balaban J connectivity index is 1.71. The number of hydrogen-bond acceptors (Lipinski definition) is 3. The highest BCUT2D eigenvalue weighted by Gasteiger charge is 2.20. The van der Waals surface area contributed by atoms with Crippen molar-refractivity contribution in [2.45, 2.75) is 19.3 Å². The molecule has 4 heteroatoms. The first-order valence-electron chi connectivity index (χ1n) is 6.37. The molecule has 98 valence electrons. The number of ketones is 1. The van der Waals surface area contributed by atoms with Crippen molar-refractivity contribution in [3.05, 3.63) is 30.1 Å². The summed E-state index contributed by atoms with van der Waals surface area (Å²) in [5, 5.41) is 3.24. The van der Waals surface area contributed by atoms with Crippen molar-refractivity contribution >= 4 is 5.78 Å². The van der Waals surface area contributed by atoms with Crippen molar-refractivity contribution in [1.29, 1.82) is 0 Å². The minimum atomic E-state index is -0.284. The first-order chi connectivity index (χ1) is 8.75. The highest BCUT2D eigenvalue weighted by Crippen LogP contribution is 2.16. The van der Waals surface area contributed by atoms with E-state index in [1.807, 2.05) is 0 Å². The Hall–Kier alpha value is -1.42. The molecule has 1 aromatic rings. The van der Waals surface area contributed by atoms with Gasteiger partial charge in [-0.1, -0.05) is 0 Å². The molecule has 0 atom stereocenters. The van der Waals surface area contributed by atoms with Crippen LogP contribution >= 0.6 is 0 Å². The summed E-state index contributed by atoms with van der Waals surface area (Å²) >= 11 is 0. The third-order valence-corrected chi connectivity index (χ3v) is 3.23.